The van der Waals surface area contributed by atoms with E-state index in [9.17, 15) is 4.91 Å². The summed E-state index contributed by atoms with van der Waals surface area (Å²) < 4.78 is 0. The van der Waals surface area contributed by atoms with Crippen LogP contribution in [0.4, 0.5) is 0 Å². The Labute approximate surface area is 139 Å². The lowest BCUT2D eigenvalue weighted by molar-refractivity contribution is 0.320. The third-order valence-corrected chi connectivity index (χ3v) is 4.87. The molecule has 22 heavy (non-hydrogen) atoms. The molecule has 0 saturated carbocycles. The molecule has 0 aromatic heterocycles. The van der Waals surface area contributed by atoms with Crippen LogP contribution < -0.4 is 0 Å². The zero-order chi connectivity index (χ0) is 16.5. The summed E-state index contributed by atoms with van der Waals surface area (Å²) in [5, 5.41) is 3.53. The molecule has 0 saturated heterocycles. The van der Waals surface area contributed by atoms with Gasteiger partial charge in [-0.15, -0.1) is 0 Å². The first-order valence-electron chi connectivity index (χ1n) is 10.1. The van der Waals surface area contributed by atoms with Crippen molar-refractivity contribution in [2.24, 2.45) is 5.18 Å². The van der Waals surface area contributed by atoms with Crippen LogP contribution in [-0.2, 0) is 0 Å². The highest BCUT2D eigenvalue weighted by atomic mass is 16.3. The maximum atomic E-state index is 11.3. The number of hydrogen-bond acceptors (Lipinski definition) is 2. The number of hydrogen-bond donors (Lipinski definition) is 0. The van der Waals surface area contributed by atoms with Gasteiger partial charge in [0.2, 0.25) is 0 Å². The van der Waals surface area contributed by atoms with E-state index in [1.165, 1.54) is 70.6 Å². The lowest BCUT2D eigenvalue weighted by Gasteiger charge is -2.25. The van der Waals surface area contributed by atoms with Gasteiger partial charge in [0.05, 0.1) is 0 Å². The van der Waals surface area contributed by atoms with E-state index in [-0.39, 0.29) is 5.54 Å². The summed E-state index contributed by atoms with van der Waals surface area (Å²) in [6.45, 7) is 6.60. The number of nitrogens with zero attached hydrogens (tertiary/aromatic N) is 1. The van der Waals surface area contributed by atoms with Crippen LogP contribution in [-0.4, -0.2) is 5.54 Å². The largest absolute Gasteiger partial charge is 0.150 e. The topological polar surface area (TPSA) is 29.4 Å². The van der Waals surface area contributed by atoms with E-state index in [0.717, 1.165) is 32.1 Å². The van der Waals surface area contributed by atoms with E-state index in [4.69, 9.17) is 0 Å². The van der Waals surface area contributed by atoms with Crippen molar-refractivity contribution >= 4 is 0 Å². The third kappa shape index (κ3) is 11.2. The average Bonchev–Trinajstić information content (AvgIpc) is 2.53. The quantitative estimate of drug-likeness (QED) is 0.199. The van der Waals surface area contributed by atoms with Crippen molar-refractivity contribution in [2.45, 2.75) is 129 Å². The van der Waals surface area contributed by atoms with Gasteiger partial charge in [0, 0.05) is 0 Å². The highest BCUT2D eigenvalue weighted by Crippen LogP contribution is 2.30. The van der Waals surface area contributed by atoms with Crippen LogP contribution in [0.3, 0.4) is 0 Å². The Hall–Kier alpha value is -0.400. The molecule has 0 aromatic carbocycles. The van der Waals surface area contributed by atoms with Gasteiger partial charge in [0.1, 0.15) is 5.54 Å². The fourth-order valence-electron chi connectivity index (χ4n) is 3.56. The zero-order valence-corrected chi connectivity index (χ0v) is 15.7. The van der Waals surface area contributed by atoms with E-state index in [2.05, 4.69) is 25.9 Å². The molecular weight excluding hydrogens is 270 g/mol. The Bertz CT molecular complexity index is 234. The Morgan fingerprint density at radius 1 is 0.545 bits per heavy atom. The van der Waals surface area contributed by atoms with Gasteiger partial charge >= 0.3 is 0 Å². The van der Waals surface area contributed by atoms with Gasteiger partial charge in [0.25, 0.3) is 0 Å². The highest BCUT2D eigenvalue weighted by molar-refractivity contribution is 4.86. The van der Waals surface area contributed by atoms with E-state index >= 15 is 0 Å². The van der Waals surface area contributed by atoms with Crippen molar-refractivity contribution in [2.75, 3.05) is 0 Å². The standard InChI is InChI=1S/C20H41NO/c1-4-7-8-9-10-11-12-13-14-15-16-19-20(21-22,17-5-2)18-6-3/h4-19H2,1-3H3. The molecule has 0 amide bonds. The molecule has 0 bridgehead atoms. The van der Waals surface area contributed by atoms with E-state index in [0.29, 0.717) is 0 Å². The molecule has 0 fully saturated rings. The molecule has 0 radical (unpaired) electrons. The van der Waals surface area contributed by atoms with Gasteiger partial charge in [-0.25, -0.2) is 0 Å². The Kier molecular flexibility index (Phi) is 15.2. The molecule has 0 rings (SSSR count). The molecule has 0 aromatic rings. The van der Waals surface area contributed by atoms with Crippen LogP contribution in [0.25, 0.3) is 0 Å². The summed E-state index contributed by atoms with van der Waals surface area (Å²) in [4.78, 5) is 11.3. The molecule has 0 unspecified atom stereocenters. The summed E-state index contributed by atoms with van der Waals surface area (Å²) in [6.07, 6.45) is 20.1. The third-order valence-electron chi connectivity index (χ3n) is 4.87. The van der Waals surface area contributed by atoms with Crippen LogP contribution in [0.5, 0.6) is 0 Å². The summed E-state index contributed by atoms with van der Waals surface area (Å²) in [5.74, 6) is 0. The van der Waals surface area contributed by atoms with Crippen LogP contribution >= 0.6 is 0 Å². The molecule has 132 valence electrons. The minimum atomic E-state index is -0.247. The van der Waals surface area contributed by atoms with Gasteiger partial charge < -0.3 is 0 Å². The smallest absolute Gasteiger partial charge is 0.103 e. The predicted molar refractivity (Wildman–Crippen MR) is 99.4 cm³/mol. The lowest BCUT2D eigenvalue weighted by atomic mass is 9.84. The first-order valence-corrected chi connectivity index (χ1v) is 10.1. The number of nitroso groups, excluding NO2 is 1. The molecule has 2 nitrogen and oxygen atoms in total. The molecule has 0 atom stereocenters. The fraction of sp³-hybridized carbons (Fsp3) is 1.00. The molecule has 0 aliphatic rings. The molecular formula is C20H41NO. The average molecular weight is 312 g/mol. The molecule has 0 heterocycles. The second-order valence-corrected chi connectivity index (χ2v) is 7.10. The van der Waals surface area contributed by atoms with Crippen LogP contribution in [0, 0.1) is 4.91 Å². The molecule has 0 aliphatic carbocycles. The Morgan fingerprint density at radius 2 is 0.955 bits per heavy atom. The molecule has 0 spiro atoms. The first kappa shape index (κ1) is 21.6. The van der Waals surface area contributed by atoms with Crippen molar-refractivity contribution in [3.8, 4) is 0 Å². The normalized spacial score (nSPS) is 11.8. The van der Waals surface area contributed by atoms with E-state index < -0.39 is 0 Å². The Morgan fingerprint density at radius 3 is 1.32 bits per heavy atom. The predicted octanol–water partition coefficient (Wildman–Crippen LogP) is 7.79. The zero-order valence-electron chi connectivity index (χ0n) is 15.7. The van der Waals surface area contributed by atoms with Gasteiger partial charge in [0.15, 0.2) is 0 Å². The minimum Gasteiger partial charge on any atom is -0.150 e. The minimum absolute atomic E-state index is 0.247. The highest BCUT2D eigenvalue weighted by Gasteiger charge is 2.28. The number of unbranched alkanes of at least 4 members (excludes halogenated alkanes) is 10. The van der Waals surface area contributed by atoms with Gasteiger partial charge in [-0.1, -0.05) is 109 Å². The van der Waals surface area contributed by atoms with E-state index in [1.54, 1.807) is 0 Å². The summed E-state index contributed by atoms with van der Waals surface area (Å²) in [6, 6.07) is 0. The van der Waals surface area contributed by atoms with Crippen LogP contribution in [0.15, 0.2) is 5.18 Å². The van der Waals surface area contributed by atoms with Crippen LogP contribution in [0.2, 0.25) is 0 Å². The van der Waals surface area contributed by atoms with Crippen molar-refractivity contribution in [1.29, 1.82) is 0 Å². The maximum Gasteiger partial charge on any atom is 0.103 e. The summed E-state index contributed by atoms with van der Waals surface area (Å²) >= 11 is 0. The summed E-state index contributed by atoms with van der Waals surface area (Å²) in [7, 11) is 0. The second-order valence-electron chi connectivity index (χ2n) is 7.10. The maximum absolute atomic E-state index is 11.3. The lowest BCUT2D eigenvalue weighted by Crippen LogP contribution is -2.25. The fourth-order valence-corrected chi connectivity index (χ4v) is 3.56. The SMILES string of the molecule is CCCCCCCCCCCCCC(CCC)(CCC)N=O. The van der Waals surface area contributed by atoms with Crippen molar-refractivity contribution in [3.63, 3.8) is 0 Å². The number of rotatable bonds is 17. The second kappa shape index (κ2) is 15.5. The van der Waals surface area contributed by atoms with Gasteiger partial charge in [-0.2, -0.15) is 4.91 Å². The van der Waals surface area contributed by atoms with Gasteiger partial charge in [-0.3, -0.25) is 0 Å². The van der Waals surface area contributed by atoms with Crippen LogP contribution in [0.1, 0.15) is 124 Å². The van der Waals surface area contributed by atoms with Gasteiger partial charge in [-0.05, 0) is 19.3 Å². The summed E-state index contributed by atoms with van der Waals surface area (Å²) in [5.41, 5.74) is -0.247. The van der Waals surface area contributed by atoms with E-state index in [1.807, 2.05) is 0 Å². The molecule has 2 heteroatoms. The van der Waals surface area contributed by atoms with Crippen molar-refractivity contribution < 1.29 is 0 Å². The van der Waals surface area contributed by atoms with Crippen molar-refractivity contribution in [3.05, 3.63) is 4.91 Å². The molecule has 0 aliphatic heterocycles. The van der Waals surface area contributed by atoms with Crippen molar-refractivity contribution in [1.82, 2.24) is 0 Å². The monoisotopic (exact) mass is 311 g/mol. The molecule has 0 N–H and O–H groups in total. The first-order chi connectivity index (χ1) is 10.7. The Balaban J connectivity index is 3.55.